The highest BCUT2D eigenvalue weighted by Crippen LogP contribution is 2.30. The van der Waals surface area contributed by atoms with Gasteiger partial charge < -0.3 is 56.5 Å². The summed E-state index contributed by atoms with van der Waals surface area (Å²) < 4.78 is 73.0. The van der Waals surface area contributed by atoms with Crippen molar-refractivity contribution in [2.75, 3.05) is 52.9 Å². The highest BCUT2D eigenvalue weighted by Gasteiger charge is 2.36. The number of ether oxygens (including phenoxy) is 8. The Kier molecular flexibility index (Phi) is 19.5. The van der Waals surface area contributed by atoms with Crippen molar-refractivity contribution in [2.24, 2.45) is 11.8 Å². The van der Waals surface area contributed by atoms with Gasteiger partial charge in [0.2, 0.25) is 0 Å². The molecule has 0 amide bonds. The average Bonchev–Trinajstić information content (AvgIpc) is 3.51. The molecule has 0 aromatic heterocycles. The Bertz CT molecular complexity index is 2830. The van der Waals surface area contributed by atoms with Crippen molar-refractivity contribution in [3.8, 4) is 11.5 Å². The summed E-state index contributed by atoms with van der Waals surface area (Å²) in [6.45, 7) is 7.02. The molecule has 4 saturated heterocycles. The van der Waals surface area contributed by atoms with E-state index in [4.69, 9.17) is 56.5 Å². The van der Waals surface area contributed by atoms with E-state index in [0.717, 1.165) is 46.0 Å². The third kappa shape index (κ3) is 15.2. The highest BCUT2D eigenvalue weighted by molar-refractivity contribution is 6.61. The lowest BCUT2D eigenvalue weighted by Crippen LogP contribution is -2.44. The number of carbonyl (C=O) groups excluding carboxylic acids is 3. The first kappa shape index (κ1) is 56.1. The molecule has 2 unspecified atom stereocenters. The zero-order valence-corrected chi connectivity index (χ0v) is 44.9. The third-order valence-corrected chi connectivity index (χ3v) is 14.2. The predicted molar refractivity (Wildman–Crippen MR) is 301 cm³/mol. The van der Waals surface area contributed by atoms with Crippen LogP contribution in [0.25, 0.3) is 12.2 Å². The number of benzene rings is 6. The lowest BCUT2D eigenvalue weighted by Gasteiger charge is -2.35. The van der Waals surface area contributed by atoms with Gasteiger partial charge in [0.25, 0.3) is 0 Å². The van der Waals surface area contributed by atoms with E-state index >= 15 is 0 Å². The minimum Gasteiger partial charge on any atom is -0.430 e. The number of hydrogen-bond donors (Lipinski definition) is 0. The van der Waals surface area contributed by atoms with E-state index in [1.807, 2.05) is 123 Å². The smallest absolute Gasteiger partial charge is 0.430 e. The SMILES string of the molecule is Cc1cccc(/C=C/C2OCC(C(Cc3ccc(B4OCCCO4)cc3)OC(=O)OC(Cc3ccc(B4OCCCO4)cc3)C3COC(/C=C/c4cccc(C)c4OC(=O)c4ccccc4)OC3)CO2)c1OC(=O)c1ccccc1. The third-order valence-electron chi connectivity index (χ3n) is 14.2. The summed E-state index contributed by atoms with van der Waals surface area (Å²) in [6.07, 6.45) is 5.70. The maximum atomic E-state index is 14.4. The van der Waals surface area contributed by atoms with Crippen LogP contribution in [0, 0.1) is 25.7 Å². The first-order valence-electron chi connectivity index (χ1n) is 27.3. The van der Waals surface area contributed by atoms with Crippen LogP contribution in [-0.4, -0.2) is 110 Å². The van der Waals surface area contributed by atoms with Gasteiger partial charge in [0.05, 0.1) is 37.6 Å². The minimum absolute atomic E-state index is 0.196. The predicted octanol–water partition coefficient (Wildman–Crippen LogP) is 9.09. The zero-order chi connectivity index (χ0) is 55.0. The van der Waals surface area contributed by atoms with Gasteiger partial charge in [-0.15, -0.1) is 0 Å². The molecule has 15 nitrogen and oxygen atoms in total. The molecule has 6 aromatic carbocycles. The molecule has 4 aliphatic rings. The second-order valence-corrected chi connectivity index (χ2v) is 20.1. The van der Waals surface area contributed by atoms with Crippen molar-refractivity contribution in [1.29, 1.82) is 0 Å². The number of esters is 2. The summed E-state index contributed by atoms with van der Waals surface area (Å²) in [4.78, 5) is 40.5. The van der Waals surface area contributed by atoms with Crippen LogP contribution in [0.4, 0.5) is 4.79 Å². The maximum Gasteiger partial charge on any atom is 0.508 e. The molecule has 80 heavy (non-hydrogen) atoms. The summed E-state index contributed by atoms with van der Waals surface area (Å²) in [7, 11) is -0.897. The van der Waals surface area contributed by atoms with Crippen molar-refractivity contribution < 1.29 is 70.9 Å². The van der Waals surface area contributed by atoms with E-state index in [1.165, 1.54) is 0 Å². The van der Waals surface area contributed by atoms with Gasteiger partial charge in [0.15, 0.2) is 12.6 Å². The molecule has 6 aromatic rings. The largest absolute Gasteiger partial charge is 0.508 e. The Labute approximate surface area is 467 Å². The standard InChI is InChI=1S/C63H64B2O15/c1-43-13-9-19-47(59(43)79-61(66)49-15-5-3-6-16-49)25-31-57-69-39-51(40-70-57)55(37-45-21-27-53(28-22-45)64-73-33-11-34-74-64)77-63(68)78-56(38-46-23-29-54(30-24-46)65-75-35-12-36-76-65)52-41-71-58(72-42-52)32-26-48-20-10-14-44(2)60(48)80-62(67)50-17-7-4-8-18-50/h3-10,13-32,51-52,55-58H,11-12,33-42H2,1-2H3/b31-25+,32-26+. The Hall–Kier alpha value is -7.18. The van der Waals surface area contributed by atoms with E-state index in [1.54, 1.807) is 60.7 Å². The molecule has 17 heteroatoms. The van der Waals surface area contributed by atoms with Crippen LogP contribution in [0.2, 0.25) is 0 Å². The topological polar surface area (TPSA) is 162 Å². The number of aryl methyl sites for hydroxylation is 2. The van der Waals surface area contributed by atoms with Crippen LogP contribution in [-0.2, 0) is 59.9 Å². The second-order valence-electron chi connectivity index (χ2n) is 20.1. The fraction of sp³-hybridized carbons (Fsp3) is 0.317. The molecule has 4 aliphatic heterocycles. The van der Waals surface area contributed by atoms with Crippen LogP contribution >= 0.6 is 0 Å². The molecule has 0 aliphatic carbocycles. The number of rotatable bonds is 18. The molecular weight excluding hydrogens is 1020 g/mol. The molecule has 4 heterocycles. The summed E-state index contributed by atoms with van der Waals surface area (Å²) in [6, 6.07) is 44.7. The van der Waals surface area contributed by atoms with E-state index in [2.05, 4.69) is 0 Å². The van der Waals surface area contributed by atoms with E-state index < -0.39 is 69.0 Å². The molecule has 2 atom stereocenters. The Morgan fingerprint density at radius 3 is 1.24 bits per heavy atom. The van der Waals surface area contributed by atoms with Crippen molar-refractivity contribution in [3.63, 3.8) is 0 Å². The monoisotopic (exact) mass is 1080 g/mol. The van der Waals surface area contributed by atoms with Crippen molar-refractivity contribution >= 4 is 55.4 Å². The minimum atomic E-state index is -0.862. The molecule has 0 radical (unpaired) electrons. The fourth-order valence-electron chi connectivity index (χ4n) is 9.76. The highest BCUT2D eigenvalue weighted by atomic mass is 16.7. The molecular formula is C63H64B2O15. The Morgan fingerprint density at radius 2 is 0.863 bits per heavy atom. The van der Waals surface area contributed by atoms with Crippen LogP contribution in [0.5, 0.6) is 11.5 Å². The lowest BCUT2D eigenvalue weighted by atomic mass is 9.77. The number of para-hydroxylation sites is 2. The van der Waals surface area contributed by atoms with E-state index in [0.29, 0.717) is 73.0 Å². The van der Waals surface area contributed by atoms with Crippen LogP contribution in [0.15, 0.2) is 158 Å². The Morgan fingerprint density at radius 1 is 0.487 bits per heavy atom. The maximum absolute atomic E-state index is 14.4. The normalized spacial score (nSPS) is 20.5. The molecule has 0 N–H and O–H groups in total. The molecule has 0 saturated carbocycles. The summed E-state index contributed by atoms with van der Waals surface area (Å²) in [5, 5.41) is 0. The first-order valence-corrected chi connectivity index (χ1v) is 27.3. The molecule has 412 valence electrons. The van der Waals surface area contributed by atoms with E-state index in [-0.39, 0.29) is 26.4 Å². The van der Waals surface area contributed by atoms with Gasteiger partial charge in [-0.05, 0) is 96.3 Å². The van der Waals surface area contributed by atoms with Gasteiger partial charge in [0.1, 0.15) is 23.7 Å². The molecule has 0 spiro atoms. The quantitative estimate of drug-likeness (QED) is 0.0455. The number of hydrogen-bond acceptors (Lipinski definition) is 15. The second kappa shape index (κ2) is 27.8. The van der Waals surface area contributed by atoms with Crippen molar-refractivity contribution in [3.05, 3.63) is 202 Å². The van der Waals surface area contributed by atoms with Gasteiger partial charge in [0, 0.05) is 62.2 Å². The van der Waals surface area contributed by atoms with Crippen LogP contribution < -0.4 is 20.4 Å². The summed E-state index contributed by atoms with van der Waals surface area (Å²) in [5.74, 6) is -0.835. The molecule has 0 bridgehead atoms. The number of carbonyl (C=O) groups is 3. The van der Waals surface area contributed by atoms with Gasteiger partial charge >= 0.3 is 32.3 Å². The van der Waals surface area contributed by atoms with Crippen LogP contribution in [0.1, 0.15) is 66.9 Å². The zero-order valence-electron chi connectivity index (χ0n) is 44.9. The van der Waals surface area contributed by atoms with Crippen molar-refractivity contribution in [1.82, 2.24) is 0 Å². The Balaban J connectivity index is 0.832. The summed E-state index contributed by atoms with van der Waals surface area (Å²) in [5.41, 5.74) is 7.42. The van der Waals surface area contributed by atoms with Gasteiger partial charge in [-0.1, -0.05) is 133 Å². The van der Waals surface area contributed by atoms with Crippen molar-refractivity contribution in [2.45, 2.75) is 64.3 Å². The first-order chi connectivity index (χ1) is 39.2. The van der Waals surface area contributed by atoms with Gasteiger partial charge in [-0.25, -0.2) is 14.4 Å². The summed E-state index contributed by atoms with van der Waals surface area (Å²) >= 11 is 0. The fourth-order valence-corrected chi connectivity index (χ4v) is 9.76. The average molecular weight is 1080 g/mol. The lowest BCUT2D eigenvalue weighted by molar-refractivity contribution is -0.199. The van der Waals surface area contributed by atoms with Gasteiger partial charge in [-0.2, -0.15) is 0 Å². The molecule has 4 fully saturated rings. The molecule has 10 rings (SSSR count). The van der Waals surface area contributed by atoms with E-state index in [9.17, 15) is 14.4 Å². The van der Waals surface area contributed by atoms with Crippen LogP contribution in [0.3, 0.4) is 0 Å². The van der Waals surface area contributed by atoms with Gasteiger partial charge in [-0.3, -0.25) is 0 Å².